The summed E-state index contributed by atoms with van der Waals surface area (Å²) in [5, 5.41) is 20.3. The standard InChI is InChI=1S/C34H34F3N9O/c1-21-16-26-30(40-20-41-33(26)45-14-12-38-13-15-45)17-25(21)31-27-19-42-44-28(27)9-10-29(31)39-11-3-4-22-18-43-46(32(22)34(35,36)37)23-5-7-24(47-2)8-6-23/h5-10,16-20,38-39H,3-4,11-15H2,1-2H3,(H,42,44). The monoisotopic (exact) mass is 641 g/mol. The molecule has 3 N–H and O–H groups in total. The van der Waals surface area contributed by atoms with Crippen molar-refractivity contribution in [1.29, 1.82) is 0 Å². The Balaban J connectivity index is 1.15. The third kappa shape index (κ3) is 5.94. The Hall–Kier alpha value is -5.17. The zero-order valence-corrected chi connectivity index (χ0v) is 26.0. The average Bonchev–Trinajstić information content (AvgIpc) is 3.74. The lowest BCUT2D eigenvalue weighted by Crippen LogP contribution is -2.44. The number of fused-ring (bicyclic) bond motifs is 2. The summed E-state index contributed by atoms with van der Waals surface area (Å²) in [4.78, 5) is 11.5. The van der Waals surface area contributed by atoms with Gasteiger partial charge in [0.1, 0.15) is 17.9 Å². The summed E-state index contributed by atoms with van der Waals surface area (Å²) >= 11 is 0. The second kappa shape index (κ2) is 12.6. The van der Waals surface area contributed by atoms with Crippen molar-refractivity contribution in [3.05, 3.63) is 84.1 Å². The van der Waals surface area contributed by atoms with Gasteiger partial charge in [0.2, 0.25) is 0 Å². The molecule has 47 heavy (non-hydrogen) atoms. The third-order valence-corrected chi connectivity index (χ3v) is 8.64. The van der Waals surface area contributed by atoms with E-state index in [1.165, 1.54) is 13.3 Å². The average molecular weight is 642 g/mol. The highest BCUT2D eigenvalue weighted by Gasteiger charge is 2.38. The van der Waals surface area contributed by atoms with Gasteiger partial charge in [0.15, 0.2) is 5.69 Å². The Bertz CT molecular complexity index is 2030. The molecule has 1 fully saturated rings. The number of ether oxygens (including phenoxy) is 1. The first-order valence-electron chi connectivity index (χ1n) is 15.5. The van der Waals surface area contributed by atoms with Gasteiger partial charge < -0.3 is 20.3 Å². The van der Waals surface area contributed by atoms with Gasteiger partial charge in [0.05, 0.1) is 36.2 Å². The Morgan fingerprint density at radius 2 is 1.79 bits per heavy atom. The fraction of sp³-hybridized carbons (Fsp3) is 0.294. The van der Waals surface area contributed by atoms with E-state index < -0.39 is 11.9 Å². The second-order valence-corrected chi connectivity index (χ2v) is 11.6. The summed E-state index contributed by atoms with van der Waals surface area (Å²) in [6, 6.07) is 14.5. The van der Waals surface area contributed by atoms with E-state index in [2.05, 4.69) is 59.9 Å². The zero-order chi connectivity index (χ0) is 32.5. The Morgan fingerprint density at radius 1 is 0.979 bits per heavy atom. The minimum absolute atomic E-state index is 0.144. The summed E-state index contributed by atoms with van der Waals surface area (Å²) in [5.41, 5.74) is 5.30. The van der Waals surface area contributed by atoms with E-state index in [1.54, 1.807) is 36.8 Å². The van der Waals surface area contributed by atoms with Gasteiger partial charge in [0, 0.05) is 60.3 Å². The number of piperazine rings is 1. The van der Waals surface area contributed by atoms with Crippen molar-refractivity contribution < 1.29 is 17.9 Å². The van der Waals surface area contributed by atoms with E-state index in [1.807, 2.05) is 12.1 Å². The molecule has 0 unspecified atom stereocenters. The molecule has 0 aliphatic carbocycles. The lowest BCUT2D eigenvalue weighted by molar-refractivity contribution is -0.143. The number of nitrogens with zero attached hydrogens (tertiary/aromatic N) is 6. The number of benzene rings is 3. The summed E-state index contributed by atoms with van der Waals surface area (Å²) in [7, 11) is 1.51. The molecule has 3 aromatic heterocycles. The number of nitrogens with one attached hydrogen (secondary N) is 3. The van der Waals surface area contributed by atoms with Crippen molar-refractivity contribution in [1.82, 2.24) is 35.3 Å². The first kappa shape index (κ1) is 30.5. The quantitative estimate of drug-likeness (QED) is 0.162. The normalized spacial score (nSPS) is 13.9. The fourth-order valence-electron chi connectivity index (χ4n) is 6.34. The molecule has 0 bridgehead atoms. The molecule has 4 heterocycles. The van der Waals surface area contributed by atoms with Crippen LogP contribution in [0, 0.1) is 6.92 Å². The molecular formula is C34H34F3N9O. The Labute approximate surface area is 269 Å². The zero-order valence-electron chi connectivity index (χ0n) is 26.0. The number of anilines is 2. The molecule has 0 amide bonds. The predicted octanol–water partition coefficient (Wildman–Crippen LogP) is 6.15. The van der Waals surface area contributed by atoms with E-state index in [9.17, 15) is 13.2 Å². The van der Waals surface area contributed by atoms with Crippen molar-refractivity contribution in [2.24, 2.45) is 0 Å². The molecule has 0 saturated carbocycles. The van der Waals surface area contributed by atoms with Gasteiger partial charge in [0.25, 0.3) is 0 Å². The largest absolute Gasteiger partial charge is 0.497 e. The molecule has 6 aromatic rings. The van der Waals surface area contributed by atoms with E-state index >= 15 is 0 Å². The second-order valence-electron chi connectivity index (χ2n) is 11.6. The van der Waals surface area contributed by atoms with Crippen LogP contribution in [0.3, 0.4) is 0 Å². The number of aromatic nitrogens is 6. The molecule has 1 saturated heterocycles. The molecule has 10 nitrogen and oxygen atoms in total. The van der Waals surface area contributed by atoms with Gasteiger partial charge >= 0.3 is 6.18 Å². The van der Waals surface area contributed by atoms with Crippen molar-refractivity contribution >= 4 is 33.3 Å². The fourth-order valence-corrected chi connectivity index (χ4v) is 6.34. The first-order chi connectivity index (χ1) is 22.8. The highest BCUT2D eigenvalue weighted by atomic mass is 19.4. The minimum Gasteiger partial charge on any atom is -0.497 e. The van der Waals surface area contributed by atoms with Crippen molar-refractivity contribution in [2.75, 3.05) is 50.1 Å². The van der Waals surface area contributed by atoms with Crippen LogP contribution in [0.15, 0.2) is 67.3 Å². The van der Waals surface area contributed by atoms with Gasteiger partial charge in [-0.1, -0.05) is 0 Å². The van der Waals surface area contributed by atoms with Crippen molar-refractivity contribution in [3.63, 3.8) is 0 Å². The number of rotatable bonds is 9. The first-order valence-corrected chi connectivity index (χ1v) is 15.5. The molecule has 242 valence electrons. The van der Waals surface area contributed by atoms with E-state index in [4.69, 9.17) is 4.74 Å². The summed E-state index contributed by atoms with van der Waals surface area (Å²) < 4.78 is 48.9. The molecule has 0 spiro atoms. The number of aromatic amines is 1. The van der Waals surface area contributed by atoms with Crippen LogP contribution in [0.25, 0.3) is 38.6 Å². The maximum Gasteiger partial charge on any atom is 0.433 e. The number of hydrogen-bond donors (Lipinski definition) is 3. The Kier molecular flexibility index (Phi) is 8.14. The van der Waals surface area contributed by atoms with Crippen LogP contribution in [0.1, 0.15) is 23.2 Å². The molecule has 1 aliphatic heterocycles. The number of hydrogen-bond acceptors (Lipinski definition) is 8. The summed E-state index contributed by atoms with van der Waals surface area (Å²) in [5.74, 6) is 1.49. The van der Waals surface area contributed by atoms with Gasteiger partial charge in [-0.25, -0.2) is 14.6 Å². The van der Waals surface area contributed by atoms with Gasteiger partial charge in [-0.2, -0.15) is 23.4 Å². The highest BCUT2D eigenvalue weighted by Crippen LogP contribution is 2.40. The predicted molar refractivity (Wildman–Crippen MR) is 176 cm³/mol. The van der Waals surface area contributed by atoms with Crippen LogP contribution in [0.5, 0.6) is 5.75 Å². The third-order valence-electron chi connectivity index (χ3n) is 8.64. The molecule has 0 atom stereocenters. The van der Waals surface area contributed by atoms with Gasteiger partial charge in [-0.15, -0.1) is 0 Å². The maximum atomic E-state index is 14.3. The minimum atomic E-state index is -4.57. The molecule has 13 heteroatoms. The SMILES string of the molecule is COc1ccc(-n2ncc(CCCNc3ccc4[nH]ncc4c3-c3cc4ncnc(N5CCNCC5)c4cc3C)c2C(F)(F)F)cc1. The van der Waals surface area contributed by atoms with Crippen LogP contribution in [-0.2, 0) is 12.6 Å². The summed E-state index contributed by atoms with van der Waals surface area (Å²) in [6.07, 6.45) is 0.809. The topological polar surface area (TPSA) is 109 Å². The number of halogens is 3. The van der Waals surface area contributed by atoms with Crippen molar-refractivity contribution in [2.45, 2.75) is 25.9 Å². The molecular weight excluding hydrogens is 607 g/mol. The molecule has 0 radical (unpaired) electrons. The van der Waals surface area contributed by atoms with Crippen LogP contribution in [0.2, 0.25) is 0 Å². The van der Waals surface area contributed by atoms with E-state index in [0.717, 1.165) is 80.9 Å². The van der Waals surface area contributed by atoms with Crippen molar-refractivity contribution in [3.8, 4) is 22.6 Å². The van der Waals surface area contributed by atoms with E-state index in [-0.39, 0.29) is 12.0 Å². The highest BCUT2D eigenvalue weighted by molar-refractivity contribution is 6.04. The summed E-state index contributed by atoms with van der Waals surface area (Å²) in [6.45, 7) is 6.09. The Morgan fingerprint density at radius 3 is 2.55 bits per heavy atom. The number of aryl methyl sites for hydroxylation is 2. The van der Waals surface area contributed by atoms with E-state index in [0.29, 0.717) is 24.4 Å². The number of alkyl halides is 3. The van der Waals surface area contributed by atoms with Gasteiger partial charge in [-0.3, -0.25) is 5.10 Å². The van der Waals surface area contributed by atoms with Crippen LogP contribution in [0.4, 0.5) is 24.7 Å². The smallest absolute Gasteiger partial charge is 0.433 e. The molecule has 7 rings (SSSR count). The van der Waals surface area contributed by atoms with Crippen LogP contribution in [-0.4, -0.2) is 69.8 Å². The number of H-pyrrole nitrogens is 1. The lowest BCUT2D eigenvalue weighted by Gasteiger charge is -2.29. The maximum absolute atomic E-state index is 14.3. The van der Waals surface area contributed by atoms with Crippen LogP contribution >= 0.6 is 0 Å². The van der Waals surface area contributed by atoms with Crippen LogP contribution < -0.4 is 20.3 Å². The van der Waals surface area contributed by atoms with Gasteiger partial charge in [-0.05, 0) is 79.4 Å². The molecule has 3 aromatic carbocycles. The number of methoxy groups -OCH3 is 1. The lowest BCUT2D eigenvalue weighted by atomic mass is 9.94. The molecule has 1 aliphatic rings.